The van der Waals surface area contributed by atoms with Gasteiger partial charge in [0, 0.05) is 6.54 Å². The van der Waals surface area contributed by atoms with Crippen molar-refractivity contribution < 1.29 is 4.74 Å². The van der Waals surface area contributed by atoms with Gasteiger partial charge in [0.1, 0.15) is 5.75 Å². The molecule has 1 saturated heterocycles. The lowest BCUT2D eigenvalue weighted by molar-refractivity contribution is 0.341. The summed E-state index contributed by atoms with van der Waals surface area (Å²) in [5, 5.41) is 6.91. The van der Waals surface area contributed by atoms with Crippen LogP contribution in [0.4, 0.5) is 5.69 Å². The van der Waals surface area contributed by atoms with E-state index in [0.29, 0.717) is 6.61 Å². The molecule has 0 unspecified atom stereocenters. The van der Waals surface area contributed by atoms with Gasteiger partial charge >= 0.3 is 0 Å². The van der Waals surface area contributed by atoms with E-state index in [-0.39, 0.29) is 0 Å². The first-order valence-electron chi connectivity index (χ1n) is 7.06. The van der Waals surface area contributed by atoms with E-state index in [4.69, 9.17) is 4.74 Å². The van der Waals surface area contributed by atoms with Crippen molar-refractivity contribution in [2.45, 2.75) is 26.2 Å². The predicted octanol–water partition coefficient (Wildman–Crippen LogP) is 2.89. The Morgan fingerprint density at radius 2 is 2.06 bits per heavy atom. The summed E-state index contributed by atoms with van der Waals surface area (Å²) in [6.07, 6.45) is 3.88. The van der Waals surface area contributed by atoms with Gasteiger partial charge in [-0.2, -0.15) is 0 Å². The molecule has 0 radical (unpaired) electrons. The van der Waals surface area contributed by atoms with Gasteiger partial charge in [-0.25, -0.2) is 0 Å². The molecule has 1 aliphatic rings. The molecule has 0 spiro atoms. The molecule has 1 aliphatic heterocycles. The molecule has 2 N–H and O–H groups in total. The number of nitrogens with one attached hydrogen (secondary N) is 2. The minimum Gasteiger partial charge on any atom is -0.492 e. The second kappa shape index (κ2) is 7.27. The van der Waals surface area contributed by atoms with Crippen LogP contribution >= 0.6 is 0 Å². The Hall–Kier alpha value is -1.22. The van der Waals surface area contributed by atoms with Gasteiger partial charge in [-0.1, -0.05) is 12.1 Å². The summed E-state index contributed by atoms with van der Waals surface area (Å²) in [4.78, 5) is 0. The first-order valence-corrected chi connectivity index (χ1v) is 7.06. The summed E-state index contributed by atoms with van der Waals surface area (Å²) in [6.45, 7) is 6.13. The first kappa shape index (κ1) is 13.2. The highest BCUT2D eigenvalue weighted by Crippen LogP contribution is 2.24. The molecule has 1 aromatic rings. The monoisotopic (exact) mass is 248 g/mol. The van der Waals surface area contributed by atoms with Gasteiger partial charge in [0.15, 0.2) is 0 Å². The highest BCUT2D eigenvalue weighted by atomic mass is 16.5. The third kappa shape index (κ3) is 3.91. The molecule has 100 valence electrons. The van der Waals surface area contributed by atoms with E-state index in [9.17, 15) is 0 Å². The molecule has 0 atom stereocenters. The summed E-state index contributed by atoms with van der Waals surface area (Å²) in [6, 6.07) is 8.18. The molecule has 0 bridgehead atoms. The fourth-order valence-electron chi connectivity index (χ4n) is 2.48. The van der Waals surface area contributed by atoms with Crippen molar-refractivity contribution in [2.24, 2.45) is 5.92 Å². The third-order valence-corrected chi connectivity index (χ3v) is 3.51. The summed E-state index contributed by atoms with van der Waals surface area (Å²) >= 11 is 0. The van der Waals surface area contributed by atoms with E-state index in [0.717, 1.165) is 23.9 Å². The number of hydrogen-bond donors (Lipinski definition) is 2. The van der Waals surface area contributed by atoms with Gasteiger partial charge in [0.25, 0.3) is 0 Å². The largest absolute Gasteiger partial charge is 0.492 e. The van der Waals surface area contributed by atoms with Gasteiger partial charge in [-0.05, 0) is 57.3 Å². The van der Waals surface area contributed by atoms with Crippen LogP contribution in [0.1, 0.15) is 26.2 Å². The standard InChI is InChI=1S/C15H24N2O/c1-2-18-15-6-4-3-5-14(15)17-12-9-13-7-10-16-11-8-13/h3-6,13,16-17H,2,7-12H2,1H3. The van der Waals surface area contributed by atoms with Crippen molar-refractivity contribution in [3.63, 3.8) is 0 Å². The molecule has 3 heteroatoms. The molecule has 0 aliphatic carbocycles. The summed E-state index contributed by atoms with van der Waals surface area (Å²) in [5.74, 6) is 1.84. The molecular formula is C15H24N2O. The average Bonchev–Trinajstić information content (AvgIpc) is 2.42. The lowest BCUT2D eigenvalue weighted by Gasteiger charge is -2.23. The number of anilines is 1. The quantitative estimate of drug-likeness (QED) is 0.812. The maximum Gasteiger partial charge on any atom is 0.142 e. The van der Waals surface area contributed by atoms with Crippen molar-refractivity contribution in [3.05, 3.63) is 24.3 Å². The lowest BCUT2D eigenvalue weighted by atomic mass is 9.95. The highest BCUT2D eigenvalue weighted by Gasteiger charge is 2.12. The SMILES string of the molecule is CCOc1ccccc1NCCC1CCNCC1. The Balaban J connectivity index is 1.78. The predicted molar refractivity (Wildman–Crippen MR) is 76.3 cm³/mol. The van der Waals surface area contributed by atoms with Crippen LogP contribution in [-0.4, -0.2) is 26.2 Å². The minimum atomic E-state index is 0.715. The Bertz CT molecular complexity index is 348. The Kier molecular flexibility index (Phi) is 5.34. The van der Waals surface area contributed by atoms with E-state index < -0.39 is 0 Å². The molecule has 0 amide bonds. The molecule has 1 heterocycles. The maximum atomic E-state index is 5.61. The van der Waals surface area contributed by atoms with E-state index in [2.05, 4.69) is 22.8 Å². The zero-order valence-corrected chi connectivity index (χ0v) is 11.2. The van der Waals surface area contributed by atoms with E-state index in [1.165, 1.54) is 32.4 Å². The number of benzene rings is 1. The smallest absolute Gasteiger partial charge is 0.142 e. The third-order valence-electron chi connectivity index (χ3n) is 3.51. The minimum absolute atomic E-state index is 0.715. The fourth-order valence-corrected chi connectivity index (χ4v) is 2.48. The second-order valence-electron chi connectivity index (χ2n) is 4.84. The number of piperidine rings is 1. The topological polar surface area (TPSA) is 33.3 Å². The zero-order chi connectivity index (χ0) is 12.6. The van der Waals surface area contributed by atoms with Crippen LogP contribution in [0, 0.1) is 5.92 Å². The number of ether oxygens (including phenoxy) is 1. The van der Waals surface area contributed by atoms with E-state index in [1.807, 2.05) is 19.1 Å². The molecule has 0 saturated carbocycles. The maximum absolute atomic E-state index is 5.61. The molecule has 2 rings (SSSR count). The molecule has 18 heavy (non-hydrogen) atoms. The molecule has 1 fully saturated rings. The van der Waals surface area contributed by atoms with E-state index >= 15 is 0 Å². The zero-order valence-electron chi connectivity index (χ0n) is 11.2. The molecule has 0 aromatic heterocycles. The van der Waals surface area contributed by atoms with Crippen LogP contribution in [-0.2, 0) is 0 Å². The lowest BCUT2D eigenvalue weighted by Crippen LogP contribution is -2.28. The molecule has 1 aromatic carbocycles. The van der Waals surface area contributed by atoms with Crippen molar-refractivity contribution in [2.75, 3.05) is 31.6 Å². The Morgan fingerprint density at radius 1 is 1.28 bits per heavy atom. The van der Waals surface area contributed by atoms with Crippen molar-refractivity contribution in [3.8, 4) is 5.75 Å². The van der Waals surface area contributed by atoms with Gasteiger partial charge < -0.3 is 15.4 Å². The van der Waals surface area contributed by atoms with E-state index in [1.54, 1.807) is 0 Å². The van der Waals surface area contributed by atoms with Crippen LogP contribution < -0.4 is 15.4 Å². The van der Waals surface area contributed by atoms with Gasteiger partial charge in [-0.15, -0.1) is 0 Å². The van der Waals surface area contributed by atoms with Gasteiger partial charge in [-0.3, -0.25) is 0 Å². The summed E-state index contributed by atoms with van der Waals surface area (Å²) < 4.78 is 5.61. The fraction of sp³-hybridized carbons (Fsp3) is 0.600. The van der Waals surface area contributed by atoms with Crippen LogP contribution in [0.25, 0.3) is 0 Å². The van der Waals surface area contributed by atoms with Crippen LogP contribution in [0.5, 0.6) is 5.75 Å². The van der Waals surface area contributed by atoms with Gasteiger partial charge in [0.2, 0.25) is 0 Å². The van der Waals surface area contributed by atoms with Crippen molar-refractivity contribution >= 4 is 5.69 Å². The number of rotatable bonds is 6. The number of hydrogen-bond acceptors (Lipinski definition) is 3. The normalized spacial score (nSPS) is 16.5. The van der Waals surface area contributed by atoms with Crippen molar-refractivity contribution in [1.29, 1.82) is 0 Å². The van der Waals surface area contributed by atoms with Gasteiger partial charge in [0.05, 0.1) is 12.3 Å². The van der Waals surface area contributed by atoms with Crippen LogP contribution in [0.3, 0.4) is 0 Å². The Labute approximate surface area is 110 Å². The second-order valence-corrected chi connectivity index (χ2v) is 4.84. The highest BCUT2D eigenvalue weighted by molar-refractivity contribution is 5.56. The average molecular weight is 248 g/mol. The summed E-state index contributed by atoms with van der Waals surface area (Å²) in [7, 11) is 0. The summed E-state index contributed by atoms with van der Waals surface area (Å²) in [5.41, 5.74) is 1.12. The van der Waals surface area contributed by atoms with Crippen LogP contribution in [0.15, 0.2) is 24.3 Å². The van der Waals surface area contributed by atoms with Crippen molar-refractivity contribution in [1.82, 2.24) is 5.32 Å². The number of para-hydroxylation sites is 2. The first-order chi connectivity index (χ1) is 8.90. The Morgan fingerprint density at radius 3 is 2.83 bits per heavy atom. The molecular weight excluding hydrogens is 224 g/mol. The molecule has 3 nitrogen and oxygen atoms in total. The van der Waals surface area contributed by atoms with Crippen LogP contribution in [0.2, 0.25) is 0 Å².